The molecule has 2 aromatic rings. The lowest BCUT2D eigenvalue weighted by Crippen LogP contribution is -2.37. The molecule has 0 radical (unpaired) electrons. The molecule has 5 heteroatoms. The third kappa shape index (κ3) is 2.97. The topological polar surface area (TPSA) is 80.6 Å². The zero-order valence-corrected chi connectivity index (χ0v) is 11.8. The summed E-state index contributed by atoms with van der Waals surface area (Å²) >= 11 is 0. The average Bonchev–Trinajstić information content (AvgIpc) is 3.05. The smallest absolute Gasteiger partial charge is 0.253 e. The van der Waals surface area contributed by atoms with Gasteiger partial charge >= 0.3 is 0 Å². The number of aliphatic imine (C=N–C) groups is 1. The molecular weight excluding hydrogens is 266 g/mol. The summed E-state index contributed by atoms with van der Waals surface area (Å²) in [6, 6.07) is 7.46. The number of allylic oxidation sites excluding steroid dienone is 1. The lowest BCUT2D eigenvalue weighted by molar-refractivity contribution is -0.116. The standard InChI is InChI=1S/C16H17N3O2/c1-10-8-12-9-13(6-7-14(12)21-10)18-16(17)19-15(20)11-4-2-3-5-11/h4,6-9H,2-3,5H2,1H3,(H3,17,18,19,20). The van der Waals surface area contributed by atoms with Crippen LogP contribution < -0.4 is 11.1 Å². The molecule has 1 aliphatic rings. The van der Waals surface area contributed by atoms with Crippen molar-refractivity contribution < 1.29 is 9.21 Å². The molecule has 3 N–H and O–H groups in total. The van der Waals surface area contributed by atoms with E-state index in [2.05, 4.69) is 10.3 Å². The van der Waals surface area contributed by atoms with Crippen molar-refractivity contribution in [2.45, 2.75) is 26.2 Å². The van der Waals surface area contributed by atoms with Crippen LogP contribution in [0.15, 0.2) is 45.3 Å². The van der Waals surface area contributed by atoms with Gasteiger partial charge in [0.15, 0.2) is 0 Å². The summed E-state index contributed by atoms with van der Waals surface area (Å²) in [7, 11) is 0. The van der Waals surface area contributed by atoms with Crippen molar-refractivity contribution in [2.75, 3.05) is 0 Å². The third-order valence-corrected chi connectivity index (χ3v) is 3.45. The molecule has 1 heterocycles. The van der Waals surface area contributed by atoms with E-state index in [0.717, 1.165) is 41.6 Å². The Morgan fingerprint density at radius 2 is 2.24 bits per heavy atom. The molecule has 0 atom stereocenters. The van der Waals surface area contributed by atoms with E-state index >= 15 is 0 Å². The number of hydrogen-bond acceptors (Lipinski definition) is 3. The highest BCUT2D eigenvalue weighted by Gasteiger charge is 2.13. The second kappa shape index (κ2) is 5.44. The van der Waals surface area contributed by atoms with E-state index in [-0.39, 0.29) is 11.9 Å². The van der Waals surface area contributed by atoms with Gasteiger partial charge < -0.3 is 10.2 Å². The van der Waals surface area contributed by atoms with Gasteiger partial charge in [0.2, 0.25) is 5.96 Å². The maximum atomic E-state index is 11.9. The van der Waals surface area contributed by atoms with Crippen LogP contribution in [0.5, 0.6) is 0 Å². The Labute approximate surface area is 122 Å². The van der Waals surface area contributed by atoms with Gasteiger partial charge in [-0.15, -0.1) is 0 Å². The highest BCUT2D eigenvalue weighted by atomic mass is 16.3. The van der Waals surface area contributed by atoms with Crippen molar-refractivity contribution in [1.82, 2.24) is 5.32 Å². The fourth-order valence-electron chi connectivity index (χ4n) is 2.47. The Morgan fingerprint density at radius 1 is 1.38 bits per heavy atom. The van der Waals surface area contributed by atoms with Gasteiger partial charge in [-0.3, -0.25) is 10.1 Å². The van der Waals surface area contributed by atoms with Crippen molar-refractivity contribution in [3.05, 3.63) is 41.7 Å². The number of nitrogens with one attached hydrogen (secondary N) is 1. The summed E-state index contributed by atoms with van der Waals surface area (Å²) in [4.78, 5) is 16.1. The normalized spacial score (nSPS) is 15.3. The van der Waals surface area contributed by atoms with E-state index in [1.165, 1.54) is 0 Å². The second-order valence-electron chi connectivity index (χ2n) is 5.15. The predicted molar refractivity (Wildman–Crippen MR) is 82.3 cm³/mol. The number of aryl methyl sites for hydroxylation is 1. The van der Waals surface area contributed by atoms with E-state index in [0.29, 0.717) is 5.69 Å². The second-order valence-corrected chi connectivity index (χ2v) is 5.15. The van der Waals surface area contributed by atoms with Crippen molar-refractivity contribution in [3.8, 4) is 0 Å². The molecule has 0 spiro atoms. The minimum Gasteiger partial charge on any atom is -0.461 e. The highest BCUT2D eigenvalue weighted by molar-refractivity contribution is 6.05. The molecule has 3 rings (SSSR count). The zero-order valence-electron chi connectivity index (χ0n) is 11.8. The van der Waals surface area contributed by atoms with Gasteiger partial charge in [-0.1, -0.05) is 6.08 Å². The van der Waals surface area contributed by atoms with Gasteiger partial charge in [-0.05, 0) is 50.5 Å². The number of rotatable bonds is 2. The van der Waals surface area contributed by atoms with Gasteiger partial charge in [0.1, 0.15) is 11.3 Å². The Balaban J connectivity index is 1.76. The third-order valence-electron chi connectivity index (χ3n) is 3.45. The summed E-state index contributed by atoms with van der Waals surface area (Å²) in [5.74, 6) is 0.793. The molecule has 108 valence electrons. The maximum absolute atomic E-state index is 11.9. The van der Waals surface area contributed by atoms with Gasteiger partial charge in [0.25, 0.3) is 5.91 Å². The molecular formula is C16H17N3O2. The SMILES string of the molecule is Cc1cc2cc(N=C(N)NC(=O)C3=CCCC3)ccc2o1. The number of amides is 1. The van der Waals surface area contributed by atoms with Crippen molar-refractivity contribution in [1.29, 1.82) is 0 Å². The van der Waals surface area contributed by atoms with Crippen LogP contribution in [-0.4, -0.2) is 11.9 Å². The first kappa shape index (κ1) is 13.4. The average molecular weight is 283 g/mol. The first-order valence-corrected chi connectivity index (χ1v) is 6.96. The van der Waals surface area contributed by atoms with Crippen LogP contribution in [0.4, 0.5) is 5.69 Å². The minimum atomic E-state index is -0.158. The number of hydrogen-bond donors (Lipinski definition) is 2. The maximum Gasteiger partial charge on any atom is 0.253 e. The lowest BCUT2D eigenvalue weighted by atomic mass is 10.2. The van der Waals surface area contributed by atoms with E-state index in [9.17, 15) is 4.79 Å². The number of guanidine groups is 1. The molecule has 0 aliphatic heterocycles. The Bertz CT molecular complexity index is 756. The number of nitrogens with two attached hydrogens (primary N) is 1. The van der Waals surface area contributed by atoms with Gasteiger partial charge in [0, 0.05) is 11.0 Å². The van der Waals surface area contributed by atoms with Crippen molar-refractivity contribution in [3.63, 3.8) is 0 Å². The van der Waals surface area contributed by atoms with Crippen molar-refractivity contribution >= 4 is 28.5 Å². The molecule has 1 aromatic heterocycles. The van der Waals surface area contributed by atoms with Crippen LogP contribution in [-0.2, 0) is 4.79 Å². The fourth-order valence-corrected chi connectivity index (χ4v) is 2.47. The number of carbonyl (C=O) groups excluding carboxylic acids is 1. The Hall–Kier alpha value is -2.56. The van der Waals surface area contributed by atoms with Crippen LogP contribution in [0.3, 0.4) is 0 Å². The van der Waals surface area contributed by atoms with Crippen molar-refractivity contribution in [2.24, 2.45) is 10.7 Å². The summed E-state index contributed by atoms with van der Waals surface area (Å²) in [5, 5.41) is 3.58. The summed E-state index contributed by atoms with van der Waals surface area (Å²) < 4.78 is 5.50. The number of benzene rings is 1. The van der Waals surface area contributed by atoms with Crippen LogP contribution in [0, 0.1) is 6.92 Å². The summed E-state index contributed by atoms with van der Waals surface area (Å²) in [6.45, 7) is 1.90. The van der Waals surface area contributed by atoms with Gasteiger partial charge in [-0.2, -0.15) is 0 Å². The lowest BCUT2D eigenvalue weighted by Gasteiger charge is -2.04. The number of carbonyl (C=O) groups is 1. The molecule has 1 aliphatic carbocycles. The molecule has 5 nitrogen and oxygen atoms in total. The molecule has 0 saturated heterocycles. The summed E-state index contributed by atoms with van der Waals surface area (Å²) in [5.41, 5.74) is 8.07. The molecule has 21 heavy (non-hydrogen) atoms. The van der Waals surface area contributed by atoms with Crippen LogP contribution >= 0.6 is 0 Å². The first-order valence-electron chi connectivity index (χ1n) is 6.96. The van der Waals surface area contributed by atoms with Gasteiger partial charge in [-0.25, -0.2) is 4.99 Å². The fraction of sp³-hybridized carbons (Fsp3) is 0.250. The zero-order chi connectivity index (χ0) is 14.8. The Kier molecular flexibility index (Phi) is 3.48. The first-order chi connectivity index (χ1) is 10.1. The van der Waals surface area contributed by atoms with Crippen LogP contribution in [0.1, 0.15) is 25.0 Å². The number of nitrogens with zero attached hydrogens (tertiary/aromatic N) is 1. The number of furan rings is 1. The van der Waals surface area contributed by atoms with E-state index in [1.54, 1.807) is 6.07 Å². The highest BCUT2D eigenvalue weighted by Crippen LogP contribution is 2.24. The minimum absolute atomic E-state index is 0.104. The largest absolute Gasteiger partial charge is 0.461 e. The molecule has 0 bridgehead atoms. The molecule has 0 unspecified atom stereocenters. The Morgan fingerprint density at radius 3 is 3.00 bits per heavy atom. The number of fused-ring (bicyclic) bond motifs is 1. The van der Waals surface area contributed by atoms with Crippen LogP contribution in [0.2, 0.25) is 0 Å². The molecule has 0 fully saturated rings. The van der Waals surface area contributed by atoms with E-state index in [1.807, 2.05) is 31.2 Å². The monoisotopic (exact) mass is 283 g/mol. The summed E-state index contributed by atoms with van der Waals surface area (Å²) in [6.07, 6.45) is 4.73. The van der Waals surface area contributed by atoms with E-state index < -0.39 is 0 Å². The van der Waals surface area contributed by atoms with E-state index in [4.69, 9.17) is 10.2 Å². The molecule has 1 amide bonds. The van der Waals surface area contributed by atoms with Crippen LogP contribution in [0.25, 0.3) is 11.0 Å². The quantitative estimate of drug-likeness (QED) is 0.657. The molecule has 0 saturated carbocycles. The predicted octanol–water partition coefficient (Wildman–Crippen LogP) is 2.91. The molecule has 1 aromatic carbocycles. The van der Waals surface area contributed by atoms with Gasteiger partial charge in [0.05, 0.1) is 5.69 Å².